The molecule has 0 saturated carbocycles. The lowest BCUT2D eigenvalue weighted by atomic mass is 9.98. The molecule has 2 aliphatic rings. The molecule has 2 fully saturated rings. The molecule has 0 amide bonds. The lowest BCUT2D eigenvalue weighted by Gasteiger charge is -2.44. The van der Waals surface area contributed by atoms with Gasteiger partial charge in [-0.25, -0.2) is 0 Å². The van der Waals surface area contributed by atoms with Crippen molar-refractivity contribution in [3.8, 4) is 0 Å². The van der Waals surface area contributed by atoms with Gasteiger partial charge in [0.15, 0.2) is 6.10 Å². The van der Waals surface area contributed by atoms with Crippen molar-refractivity contribution in [1.82, 2.24) is 0 Å². The molecular weight excluding hydrogens is 432 g/mol. The average molecular weight is 468 g/mol. The van der Waals surface area contributed by atoms with E-state index < -0.39 is 80.6 Å². The standard InChI is InChI=1S/C20H36O12/c1-2-3-4-5-6-7-13(24)30-17-16(27)14(25)11(8-21)29-19(17)32-20(10-23)18(28)15(26)12(9-22)31-20/h11-12,14-19,21-23,25-28H,2-10H2,1H3/t11-,12-,14-,15-,16+,17-,18+,19-,20-/m1/s1. The molecule has 0 unspecified atom stereocenters. The lowest BCUT2D eigenvalue weighted by Crippen LogP contribution is -2.63. The van der Waals surface area contributed by atoms with E-state index in [0.29, 0.717) is 6.42 Å². The fraction of sp³-hybridized carbons (Fsp3) is 0.950. The van der Waals surface area contributed by atoms with Crippen LogP contribution in [0.15, 0.2) is 0 Å². The first-order valence-electron chi connectivity index (χ1n) is 11.0. The first-order valence-corrected chi connectivity index (χ1v) is 11.0. The molecule has 0 aromatic rings. The molecule has 188 valence electrons. The van der Waals surface area contributed by atoms with Crippen LogP contribution in [0, 0.1) is 0 Å². The zero-order valence-electron chi connectivity index (χ0n) is 18.2. The van der Waals surface area contributed by atoms with Crippen molar-refractivity contribution >= 4 is 5.97 Å². The number of aliphatic hydroxyl groups excluding tert-OH is 7. The van der Waals surface area contributed by atoms with Crippen molar-refractivity contribution in [2.45, 2.75) is 100 Å². The molecule has 0 spiro atoms. The zero-order chi connectivity index (χ0) is 23.9. The maximum absolute atomic E-state index is 12.3. The Balaban J connectivity index is 2.14. The number of hydrogen-bond donors (Lipinski definition) is 7. The van der Waals surface area contributed by atoms with Crippen LogP contribution in [0.4, 0.5) is 0 Å². The molecule has 12 nitrogen and oxygen atoms in total. The van der Waals surface area contributed by atoms with E-state index in [2.05, 4.69) is 6.92 Å². The third-order valence-electron chi connectivity index (χ3n) is 5.80. The van der Waals surface area contributed by atoms with Gasteiger partial charge in [0, 0.05) is 6.42 Å². The predicted octanol–water partition coefficient (Wildman–Crippen LogP) is -2.48. The summed E-state index contributed by atoms with van der Waals surface area (Å²) in [5.74, 6) is -2.96. The number of carbonyl (C=O) groups is 1. The Morgan fingerprint density at radius 1 is 0.906 bits per heavy atom. The van der Waals surface area contributed by atoms with Crippen molar-refractivity contribution in [1.29, 1.82) is 0 Å². The first kappa shape index (κ1) is 27.3. The summed E-state index contributed by atoms with van der Waals surface area (Å²) in [5.41, 5.74) is 0. The molecule has 2 aliphatic heterocycles. The second-order valence-electron chi connectivity index (χ2n) is 8.19. The molecule has 2 rings (SSSR count). The van der Waals surface area contributed by atoms with Crippen LogP contribution in [0.1, 0.15) is 45.4 Å². The van der Waals surface area contributed by atoms with Crippen molar-refractivity contribution in [3.05, 3.63) is 0 Å². The van der Waals surface area contributed by atoms with Crippen molar-refractivity contribution in [2.75, 3.05) is 19.8 Å². The number of carbonyl (C=O) groups excluding carboxylic acids is 1. The van der Waals surface area contributed by atoms with Gasteiger partial charge >= 0.3 is 5.97 Å². The van der Waals surface area contributed by atoms with Gasteiger partial charge < -0.3 is 54.7 Å². The van der Waals surface area contributed by atoms with Crippen LogP contribution in [0.2, 0.25) is 0 Å². The molecular formula is C20H36O12. The summed E-state index contributed by atoms with van der Waals surface area (Å²) in [6, 6.07) is 0. The first-order chi connectivity index (χ1) is 15.2. The fourth-order valence-electron chi connectivity index (χ4n) is 3.83. The highest BCUT2D eigenvalue weighted by molar-refractivity contribution is 5.69. The summed E-state index contributed by atoms with van der Waals surface area (Å²) >= 11 is 0. The molecule has 0 aliphatic carbocycles. The van der Waals surface area contributed by atoms with Crippen LogP contribution in [0.25, 0.3) is 0 Å². The molecule has 12 heteroatoms. The number of ether oxygens (including phenoxy) is 4. The molecule has 0 aromatic heterocycles. The number of aliphatic hydroxyl groups is 7. The van der Waals surface area contributed by atoms with Gasteiger partial charge in [-0.2, -0.15) is 0 Å². The van der Waals surface area contributed by atoms with E-state index in [4.69, 9.17) is 18.9 Å². The van der Waals surface area contributed by atoms with Gasteiger partial charge in [0.05, 0.1) is 13.2 Å². The molecule has 0 aromatic carbocycles. The summed E-state index contributed by atoms with van der Waals surface area (Å²) in [6.07, 6.45) is -8.16. The van der Waals surface area contributed by atoms with Crippen LogP contribution in [0.3, 0.4) is 0 Å². The molecule has 32 heavy (non-hydrogen) atoms. The molecule has 9 atom stereocenters. The second-order valence-corrected chi connectivity index (χ2v) is 8.19. The van der Waals surface area contributed by atoms with Gasteiger partial charge in [0.25, 0.3) is 0 Å². The highest BCUT2D eigenvalue weighted by Gasteiger charge is 2.59. The number of hydrogen-bond acceptors (Lipinski definition) is 12. The summed E-state index contributed by atoms with van der Waals surface area (Å²) in [7, 11) is 0. The Hall–Kier alpha value is -0.930. The van der Waals surface area contributed by atoms with E-state index in [-0.39, 0.29) is 6.42 Å². The van der Waals surface area contributed by atoms with Gasteiger partial charge in [-0.05, 0) is 6.42 Å². The van der Waals surface area contributed by atoms with Gasteiger partial charge in [-0.15, -0.1) is 0 Å². The summed E-state index contributed by atoms with van der Waals surface area (Å²) in [6.45, 7) is -0.322. The Morgan fingerprint density at radius 3 is 2.12 bits per heavy atom. The minimum absolute atomic E-state index is 0.0503. The Labute approximate surface area is 186 Å². The lowest BCUT2D eigenvalue weighted by molar-refractivity contribution is -0.384. The zero-order valence-corrected chi connectivity index (χ0v) is 18.2. The number of rotatable bonds is 12. The SMILES string of the molecule is CCCCCCCC(=O)O[C@H]1[C@@H](O[C@@]2(CO)O[C@H](CO)[C@@H](O)[C@@H]2O)O[C@H](CO)[C@@H](O)[C@@H]1O. The third-order valence-corrected chi connectivity index (χ3v) is 5.80. The second kappa shape index (κ2) is 12.5. The Morgan fingerprint density at radius 2 is 1.56 bits per heavy atom. The minimum atomic E-state index is -2.27. The van der Waals surface area contributed by atoms with E-state index in [1.54, 1.807) is 0 Å². The average Bonchev–Trinajstić information content (AvgIpc) is 3.03. The summed E-state index contributed by atoms with van der Waals surface area (Å²) < 4.78 is 21.6. The summed E-state index contributed by atoms with van der Waals surface area (Å²) in [4.78, 5) is 12.3. The highest BCUT2D eigenvalue weighted by Crippen LogP contribution is 2.36. The quantitative estimate of drug-likeness (QED) is 0.118. The maximum Gasteiger partial charge on any atom is 0.306 e. The Bertz CT molecular complexity index is 577. The van der Waals surface area contributed by atoms with E-state index >= 15 is 0 Å². The molecule has 0 radical (unpaired) electrons. The normalized spacial score (nSPS) is 39.9. The topological polar surface area (TPSA) is 196 Å². The van der Waals surface area contributed by atoms with Crippen LogP contribution in [-0.2, 0) is 23.7 Å². The van der Waals surface area contributed by atoms with Crippen molar-refractivity contribution in [2.24, 2.45) is 0 Å². The van der Waals surface area contributed by atoms with E-state index in [0.717, 1.165) is 25.7 Å². The molecule has 0 bridgehead atoms. The van der Waals surface area contributed by atoms with E-state index in [1.807, 2.05) is 0 Å². The van der Waals surface area contributed by atoms with E-state index in [9.17, 15) is 40.5 Å². The monoisotopic (exact) mass is 468 g/mol. The van der Waals surface area contributed by atoms with Crippen LogP contribution >= 0.6 is 0 Å². The van der Waals surface area contributed by atoms with Gasteiger partial charge in [0.1, 0.15) is 43.2 Å². The summed E-state index contributed by atoms with van der Waals surface area (Å²) in [5, 5.41) is 69.6. The molecule has 2 saturated heterocycles. The van der Waals surface area contributed by atoms with Crippen LogP contribution in [0.5, 0.6) is 0 Å². The predicted molar refractivity (Wildman–Crippen MR) is 106 cm³/mol. The van der Waals surface area contributed by atoms with Gasteiger partial charge in [-0.1, -0.05) is 32.6 Å². The van der Waals surface area contributed by atoms with Gasteiger partial charge in [-0.3, -0.25) is 4.79 Å². The smallest absolute Gasteiger partial charge is 0.306 e. The Kier molecular flexibility index (Phi) is 10.7. The largest absolute Gasteiger partial charge is 0.454 e. The van der Waals surface area contributed by atoms with E-state index in [1.165, 1.54) is 0 Å². The number of unbranched alkanes of at least 4 members (excludes halogenated alkanes) is 4. The molecule has 2 heterocycles. The van der Waals surface area contributed by atoms with Crippen LogP contribution in [-0.4, -0.2) is 116 Å². The third kappa shape index (κ3) is 6.14. The minimum Gasteiger partial charge on any atom is -0.454 e. The maximum atomic E-state index is 12.3. The van der Waals surface area contributed by atoms with Crippen molar-refractivity contribution in [3.63, 3.8) is 0 Å². The van der Waals surface area contributed by atoms with Crippen molar-refractivity contribution < 1.29 is 59.5 Å². The van der Waals surface area contributed by atoms with Crippen LogP contribution < -0.4 is 0 Å². The highest BCUT2D eigenvalue weighted by atomic mass is 16.8. The molecule has 7 N–H and O–H groups in total. The van der Waals surface area contributed by atoms with Gasteiger partial charge in [0.2, 0.25) is 12.1 Å². The number of esters is 1. The fourth-order valence-corrected chi connectivity index (χ4v) is 3.83.